The molecule has 0 heterocycles. The Hall–Kier alpha value is -1.54. The topological polar surface area (TPSA) is 130 Å². The first-order valence-electron chi connectivity index (χ1n) is 6.48. The fraction of sp³-hybridized carbons (Fsp3) is 0.538. The van der Waals surface area contributed by atoms with Crippen molar-refractivity contribution in [3.8, 4) is 0 Å². The summed E-state index contributed by atoms with van der Waals surface area (Å²) in [6.45, 7) is 2.13. The summed E-state index contributed by atoms with van der Waals surface area (Å²) in [7, 11) is 0. The van der Waals surface area contributed by atoms with E-state index >= 15 is 0 Å². The maximum absolute atomic E-state index is 10.5. The molecule has 1 aromatic carbocycles. The van der Waals surface area contributed by atoms with Crippen molar-refractivity contribution in [2.45, 2.75) is 13.0 Å². The monoisotopic (exact) mass is 282 g/mol. The van der Waals surface area contributed by atoms with Crippen LogP contribution in [0.2, 0.25) is 0 Å². The van der Waals surface area contributed by atoms with Gasteiger partial charge in [-0.3, -0.25) is 10.1 Å². The second-order valence-corrected chi connectivity index (χ2v) is 4.86. The van der Waals surface area contributed by atoms with Gasteiger partial charge in [-0.1, -0.05) is 0 Å². The Morgan fingerprint density at radius 2 is 1.75 bits per heavy atom. The highest BCUT2D eigenvalue weighted by molar-refractivity contribution is 5.32. The molecule has 0 bridgehead atoms. The van der Waals surface area contributed by atoms with Crippen molar-refractivity contribution in [3.63, 3.8) is 0 Å². The summed E-state index contributed by atoms with van der Waals surface area (Å²) in [5, 5.41) is 10.5. The van der Waals surface area contributed by atoms with Gasteiger partial charge >= 0.3 is 0 Å². The van der Waals surface area contributed by atoms with Crippen LogP contribution in [0.15, 0.2) is 24.3 Å². The summed E-state index contributed by atoms with van der Waals surface area (Å²) < 4.78 is 5.63. The molecule has 0 aliphatic heterocycles. The molecule has 0 aliphatic rings. The van der Waals surface area contributed by atoms with E-state index in [9.17, 15) is 10.1 Å². The minimum Gasteiger partial charge on any atom is -0.376 e. The summed E-state index contributed by atoms with van der Waals surface area (Å²) in [5.41, 5.74) is 17.7. The quantitative estimate of drug-likeness (QED) is 0.443. The lowest BCUT2D eigenvalue weighted by Gasteiger charge is -2.30. The van der Waals surface area contributed by atoms with E-state index in [1.54, 1.807) is 12.1 Å². The van der Waals surface area contributed by atoms with E-state index < -0.39 is 4.92 Å². The minimum atomic E-state index is -0.431. The maximum Gasteiger partial charge on any atom is 0.269 e. The summed E-state index contributed by atoms with van der Waals surface area (Å²) in [5.74, 6) is 0. The van der Waals surface area contributed by atoms with Crippen LogP contribution in [0.4, 0.5) is 5.69 Å². The Balaban J connectivity index is 2.52. The number of rotatable bonds is 9. The molecule has 0 radical (unpaired) electrons. The standard InChI is InChI=1S/C13H22N4O3/c14-6-5-13(8-15,9-16)10-20-7-11-1-3-12(4-2-11)17(18)19/h1-4H,5-10,14-16H2. The zero-order valence-electron chi connectivity index (χ0n) is 11.5. The first kappa shape index (κ1) is 16.5. The van der Waals surface area contributed by atoms with Crippen molar-refractivity contribution in [2.24, 2.45) is 22.6 Å². The molecule has 0 aromatic heterocycles. The SMILES string of the molecule is NCCC(CN)(CN)COCc1ccc([N+](=O)[O-])cc1. The third-order valence-electron chi connectivity index (χ3n) is 3.36. The van der Waals surface area contributed by atoms with Crippen molar-refractivity contribution >= 4 is 5.69 Å². The van der Waals surface area contributed by atoms with Crippen LogP contribution in [-0.4, -0.2) is 31.2 Å². The van der Waals surface area contributed by atoms with Crippen LogP contribution in [0, 0.1) is 15.5 Å². The van der Waals surface area contributed by atoms with E-state index in [2.05, 4.69) is 0 Å². The second kappa shape index (κ2) is 7.91. The van der Waals surface area contributed by atoms with Crippen LogP contribution >= 0.6 is 0 Å². The molecular formula is C13H22N4O3. The number of ether oxygens (including phenoxy) is 1. The van der Waals surface area contributed by atoms with Gasteiger partial charge in [0.1, 0.15) is 0 Å². The summed E-state index contributed by atoms with van der Waals surface area (Å²) >= 11 is 0. The molecule has 0 atom stereocenters. The van der Waals surface area contributed by atoms with Crippen molar-refractivity contribution in [2.75, 3.05) is 26.2 Å². The highest BCUT2D eigenvalue weighted by atomic mass is 16.6. The molecule has 0 fully saturated rings. The maximum atomic E-state index is 10.5. The third kappa shape index (κ3) is 4.53. The summed E-state index contributed by atoms with van der Waals surface area (Å²) in [4.78, 5) is 10.1. The Morgan fingerprint density at radius 1 is 1.15 bits per heavy atom. The molecule has 0 amide bonds. The van der Waals surface area contributed by atoms with Gasteiger partial charge in [0.05, 0.1) is 18.1 Å². The average Bonchev–Trinajstić information content (AvgIpc) is 2.47. The first-order valence-corrected chi connectivity index (χ1v) is 6.48. The Bertz CT molecular complexity index is 418. The van der Waals surface area contributed by atoms with Gasteiger partial charge in [0.15, 0.2) is 0 Å². The van der Waals surface area contributed by atoms with Gasteiger partial charge in [0, 0.05) is 30.6 Å². The number of hydrogen-bond acceptors (Lipinski definition) is 6. The molecule has 0 spiro atoms. The van der Waals surface area contributed by atoms with Crippen molar-refractivity contribution < 1.29 is 9.66 Å². The molecule has 1 aromatic rings. The van der Waals surface area contributed by atoms with E-state index in [4.69, 9.17) is 21.9 Å². The zero-order chi connectivity index (χ0) is 15.0. The number of nitrogens with zero attached hydrogens (tertiary/aromatic N) is 1. The molecule has 0 saturated carbocycles. The van der Waals surface area contributed by atoms with Gasteiger partial charge in [-0.15, -0.1) is 0 Å². The molecule has 20 heavy (non-hydrogen) atoms. The number of hydrogen-bond donors (Lipinski definition) is 3. The number of non-ortho nitro benzene ring substituents is 1. The van der Waals surface area contributed by atoms with E-state index in [1.807, 2.05) is 0 Å². The van der Waals surface area contributed by atoms with Gasteiger partial charge in [-0.2, -0.15) is 0 Å². The van der Waals surface area contributed by atoms with Crippen LogP contribution < -0.4 is 17.2 Å². The lowest BCUT2D eigenvalue weighted by atomic mass is 9.85. The van der Waals surface area contributed by atoms with Crippen LogP contribution in [0.5, 0.6) is 0 Å². The van der Waals surface area contributed by atoms with Crippen LogP contribution in [0.3, 0.4) is 0 Å². The minimum absolute atomic E-state index is 0.0649. The van der Waals surface area contributed by atoms with Crippen molar-refractivity contribution in [1.82, 2.24) is 0 Å². The van der Waals surface area contributed by atoms with Crippen LogP contribution in [0.25, 0.3) is 0 Å². The smallest absolute Gasteiger partial charge is 0.269 e. The Labute approximate surface area is 118 Å². The molecule has 7 heteroatoms. The fourth-order valence-corrected chi connectivity index (χ4v) is 1.88. The first-order chi connectivity index (χ1) is 9.56. The van der Waals surface area contributed by atoms with Gasteiger partial charge in [-0.25, -0.2) is 0 Å². The molecular weight excluding hydrogens is 260 g/mol. The molecule has 0 unspecified atom stereocenters. The van der Waals surface area contributed by atoms with Gasteiger partial charge in [0.2, 0.25) is 0 Å². The molecule has 1 rings (SSSR count). The highest BCUT2D eigenvalue weighted by Crippen LogP contribution is 2.20. The molecule has 7 nitrogen and oxygen atoms in total. The number of nitrogens with two attached hydrogens (primary N) is 3. The Kier molecular flexibility index (Phi) is 6.53. The molecule has 0 saturated heterocycles. The predicted molar refractivity (Wildman–Crippen MR) is 77.0 cm³/mol. The largest absolute Gasteiger partial charge is 0.376 e. The van der Waals surface area contributed by atoms with Crippen LogP contribution in [-0.2, 0) is 11.3 Å². The van der Waals surface area contributed by atoms with Gasteiger partial charge in [-0.05, 0) is 30.7 Å². The zero-order valence-corrected chi connectivity index (χ0v) is 11.5. The third-order valence-corrected chi connectivity index (χ3v) is 3.36. The van der Waals surface area contributed by atoms with Crippen molar-refractivity contribution in [3.05, 3.63) is 39.9 Å². The van der Waals surface area contributed by atoms with E-state index in [0.29, 0.717) is 39.3 Å². The fourth-order valence-electron chi connectivity index (χ4n) is 1.88. The normalized spacial score (nSPS) is 11.6. The molecule has 0 aliphatic carbocycles. The summed E-state index contributed by atoms with van der Waals surface area (Å²) in [6, 6.07) is 6.26. The van der Waals surface area contributed by atoms with Gasteiger partial charge in [0.25, 0.3) is 5.69 Å². The van der Waals surface area contributed by atoms with E-state index in [1.165, 1.54) is 12.1 Å². The molecule has 112 valence electrons. The number of nitro groups is 1. The van der Waals surface area contributed by atoms with E-state index in [0.717, 1.165) is 5.56 Å². The number of nitro benzene ring substituents is 1. The second-order valence-electron chi connectivity index (χ2n) is 4.86. The lowest BCUT2D eigenvalue weighted by molar-refractivity contribution is -0.384. The highest BCUT2D eigenvalue weighted by Gasteiger charge is 2.26. The lowest BCUT2D eigenvalue weighted by Crippen LogP contribution is -2.43. The molecule has 6 N–H and O–H groups in total. The van der Waals surface area contributed by atoms with Crippen LogP contribution in [0.1, 0.15) is 12.0 Å². The van der Waals surface area contributed by atoms with Gasteiger partial charge < -0.3 is 21.9 Å². The van der Waals surface area contributed by atoms with Crippen molar-refractivity contribution in [1.29, 1.82) is 0 Å². The number of benzene rings is 1. The predicted octanol–water partition coefficient (Wildman–Crippen LogP) is 0.364. The average molecular weight is 282 g/mol. The van der Waals surface area contributed by atoms with E-state index in [-0.39, 0.29) is 11.1 Å². The Morgan fingerprint density at radius 3 is 2.20 bits per heavy atom. The summed E-state index contributed by atoms with van der Waals surface area (Å²) in [6.07, 6.45) is 0.709.